The molecule has 6 nitrogen and oxygen atoms in total. The minimum absolute atomic E-state index is 0.0375. The van der Waals surface area contributed by atoms with Crippen LogP contribution in [0.15, 0.2) is 0 Å². The second kappa shape index (κ2) is 3.21. The minimum Gasteiger partial charge on any atom is -0.481 e. The lowest BCUT2D eigenvalue weighted by molar-refractivity contribution is -0.157. The number of methoxy groups -OCH3 is 1. The molecule has 0 bridgehead atoms. The van der Waals surface area contributed by atoms with E-state index in [0.717, 1.165) is 0 Å². The fourth-order valence-corrected chi connectivity index (χ4v) is 1.29. The van der Waals surface area contributed by atoms with Gasteiger partial charge >= 0.3 is 12.1 Å². The predicted octanol–water partition coefficient (Wildman–Crippen LogP) is -0.902. The first-order valence-electron chi connectivity index (χ1n) is 3.82. The highest BCUT2D eigenvalue weighted by atomic mass is 16.5. The lowest BCUT2D eigenvalue weighted by Gasteiger charge is -2.45. The molecule has 1 aliphatic heterocycles. The molecule has 13 heavy (non-hydrogen) atoms. The molecule has 1 amide bonds. The van der Waals surface area contributed by atoms with Crippen molar-refractivity contribution in [2.24, 2.45) is 11.1 Å². The van der Waals surface area contributed by atoms with Gasteiger partial charge in [0.05, 0.1) is 7.11 Å². The fourth-order valence-electron chi connectivity index (χ4n) is 1.29. The van der Waals surface area contributed by atoms with Crippen molar-refractivity contribution >= 4 is 12.1 Å². The summed E-state index contributed by atoms with van der Waals surface area (Å²) in [6.07, 6.45) is -0.509. The Balaban J connectivity index is 2.54. The number of amides is 1. The zero-order chi connectivity index (χ0) is 10.1. The van der Waals surface area contributed by atoms with Gasteiger partial charge in [0.15, 0.2) is 0 Å². The van der Waals surface area contributed by atoms with E-state index in [9.17, 15) is 9.59 Å². The van der Waals surface area contributed by atoms with E-state index in [4.69, 9.17) is 10.8 Å². The van der Waals surface area contributed by atoms with E-state index in [0.29, 0.717) is 0 Å². The van der Waals surface area contributed by atoms with E-state index in [1.54, 1.807) is 0 Å². The van der Waals surface area contributed by atoms with Crippen LogP contribution in [0.4, 0.5) is 4.79 Å². The van der Waals surface area contributed by atoms with Crippen LogP contribution in [0.3, 0.4) is 0 Å². The summed E-state index contributed by atoms with van der Waals surface area (Å²) in [4.78, 5) is 22.9. The third-order valence-corrected chi connectivity index (χ3v) is 2.26. The molecule has 0 unspecified atom stereocenters. The lowest BCUT2D eigenvalue weighted by atomic mass is 9.80. The largest absolute Gasteiger partial charge is 0.481 e. The number of carbonyl (C=O) groups is 2. The van der Waals surface area contributed by atoms with Crippen molar-refractivity contribution in [1.29, 1.82) is 0 Å². The highest BCUT2D eigenvalue weighted by Gasteiger charge is 2.50. The van der Waals surface area contributed by atoms with Crippen LogP contribution in [0.25, 0.3) is 0 Å². The van der Waals surface area contributed by atoms with Crippen molar-refractivity contribution in [2.75, 3.05) is 26.7 Å². The Morgan fingerprint density at radius 1 is 1.62 bits per heavy atom. The quantitative estimate of drug-likeness (QED) is 0.585. The molecule has 1 heterocycles. The van der Waals surface area contributed by atoms with E-state index < -0.39 is 17.5 Å². The van der Waals surface area contributed by atoms with Gasteiger partial charge in [0.25, 0.3) is 0 Å². The summed E-state index contributed by atoms with van der Waals surface area (Å²) < 4.78 is 4.42. The molecule has 0 aromatic rings. The SMILES string of the molecule is COC(=O)N1CC(CN)(C(=O)O)C1. The van der Waals surface area contributed by atoms with Crippen LogP contribution in [0, 0.1) is 5.41 Å². The van der Waals surface area contributed by atoms with Gasteiger partial charge in [-0.1, -0.05) is 0 Å². The van der Waals surface area contributed by atoms with Gasteiger partial charge in [-0.15, -0.1) is 0 Å². The topological polar surface area (TPSA) is 92.9 Å². The second-order valence-corrected chi connectivity index (χ2v) is 3.12. The van der Waals surface area contributed by atoms with Crippen LogP contribution in [0.2, 0.25) is 0 Å². The molecule has 0 atom stereocenters. The van der Waals surface area contributed by atoms with Crippen molar-refractivity contribution in [2.45, 2.75) is 0 Å². The molecule has 1 saturated heterocycles. The molecular formula is C7H12N2O4. The number of carbonyl (C=O) groups excluding carboxylic acids is 1. The first kappa shape index (κ1) is 9.79. The number of aliphatic carboxylic acids is 1. The Morgan fingerprint density at radius 2 is 2.15 bits per heavy atom. The highest BCUT2D eigenvalue weighted by molar-refractivity contribution is 5.80. The average Bonchev–Trinajstić information content (AvgIpc) is 2.02. The lowest BCUT2D eigenvalue weighted by Crippen LogP contribution is -2.65. The van der Waals surface area contributed by atoms with Crippen LogP contribution in [-0.2, 0) is 9.53 Å². The molecule has 0 radical (unpaired) electrons. The zero-order valence-corrected chi connectivity index (χ0v) is 7.32. The molecule has 1 rings (SSSR count). The van der Waals surface area contributed by atoms with Gasteiger partial charge in [0, 0.05) is 19.6 Å². The van der Waals surface area contributed by atoms with Crippen molar-refractivity contribution < 1.29 is 19.4 Å². The van der Waals surface area contributed by atoms with Crippen LogP contribution in [0.1, 0.15) is 0 Å². The summed E-state index contributed by atoms with van der Waals surface area (Å²) in [6, 6.07) is 0. The second-order valence-electron chi connectivity index (χ2n) is 3.12. The molecule has 6 heteroatoms. The van der Waals surface area contributed by atoms with E-state index >= 15 is 0 Å². The van der Waals surface area contributed by atoms with Gasteiger partial charge < -0.3 is 20.5 Å². The Labute approximate surface area is 75.3 Å². The highest BCUT2D eigenvalue weighted by Crippen LogP contribution is 2.29. The van der Waals surface area contributed by atoms with Crippen molar-refractivity contribution in [3.05, 3.63) is 0 Å². The number of rotatable bonds is 2. The molecule has 0 aliphatic carbocycles. The van der Waals surface area contributed by atoms with Crippen LogP contribution >= 0.6 is 0 Å². The molecule has 74 valence electrons. The Morgan fingerprint density at radius 3 is 2.46 bits per heavy atom. The number of carboxylic acids is 1. The third-order valence-electron chi connectivity index (χ3n) is 2.26. The Hall–Kier alpha value is -1.30. The number of likely N-dealkylation sites (tertiary alicyclic amines) is 1. The first-order chi connectivity index (χ1) is 6.05. The van der Waals surface area contributed by atoms with E-state index in [1.807, 2.05) is 0 Å². The van der Waals surface area contributed by atoms with E-state index in [-0.39, 0.29) is 19.6 Å². The molecule has 1 fully saturated rings. The number of hydrogen-bond donors (Lipinski definition) is 2. The Kier molecular flexibility index (Phi) is 2.42. The maximum Gasteiger partial charge on any atom is 0.409 e. The molecule has 3 N–H and O–H groups in total. The third kappa shape index (κ3) is 1.44. The molecule has 0 aromatic heterocycles. The van der Waals surface area contributed by atoms with E-state index in [1.165, 1.54) is 12.0 Å². The molecule has 0 aromatic carbocycles. The number of hydrogen-bond acceptors (Lipinski definition) is 4. The summed E-state index contributed by atoms with van der Waals surface area (Å²) in [5.41, 5.74) is 4.35. The summed E-state index contributed by atoms with van der Waals surface area (Å²) in [7, 11) is 1.26. The minimum atomic E-state index is -0.964. The van der Waals surface area contributed by atoms with Gasteiger partial charge in [-0.25, -0.2) is 4.79 Å². The number of carboxylic acid groups (broad SMARTS) is 1. The fraction of sp³-hybridized carbons (Fsp3) is 0.714. The standard InChI is InChI=1S/C7H12N2O4/c1-13-6(12)9-3-7(2-8,4-9)5(10)11/h2-4,8H2,1H3,(H,10,11). The van der Waals surface area contributed by atoms with Crippen LogP contribution in [0.5, 0.6) is 0 Å². The smallest absolute Gasteiger partial charge is 0.409 e. The summed E-state index contributed by atoms with van der Waals surface area (Å²) >= 11 is 0. The summed E-state index contributed by atoms with van der Waals surface area (Å²) in [5.74, 6) is -0.963. The van der Waals surface area contributed by atoms with Gasteiger partial charge in [-0.3, -0.25) is 4.79 Å². The van der Waals surface area contributed by atoms with Gasteiger partial charge in [-0.2, -0.15) is 0 Å². The number of nitrogens with zero attached hydrogens (tertiary/aromatic N) is 1. The maximum atomic E-state index is 10.9. The van der Waals surface area contributed by atoms with Crippen molar-refractivity contribution in [3.63, 3.8) is 0 Å². The van der Waals surface area contributed by atoms with Crippen molar-refractivity contribution in [1.82, 2.24) is 4.90 Å². The predicted molar refractivity (Wildman–Crippen MR) is 43.1 cm³/mol. The Bertz CT molecular complexity index is 235. The van der Waals surface area contributed by atoms with Gasteiger partial charge in [-0.05, 0) is 0 Å². The van der Waals surface area contributed by atoms with Gasteiger partial charge in [0.2, 0.25) is 0 Å². The molecule has 1 aliphatic rings. The monoisotopic (exact) mass is 188 g/mol. The number of ether oxygens (including phenoxy) is 1. The average molecular weight is 188 g/mol. The molecule has 0 spiro atoms. The van der Waals surface area contributed by atoms with Crippen molar-refractivity contribution in [3.8, 4) is 0 Å². The maximum absolute atomic E-state index is 10.9. The molecule has 0 saturated carbocycles. The summed E-state index contributed by atoms with van der Waals surface area (Å²) in [6.45, 7) is 0.298. The normalized spacial score (nSPS) is 19.1. The molecular weight excluding hydrogens is 176 g/mol. The summed E-state index contributed by atoms with van der Waals surface area (Å²) in [5, 5.41) is 8.80. The zero-order valence-electron chi connectivity index (χ0n) is 7.32. The van der Waals surface area contributed by atoms with Crippen LogP contribution < -0.4 is 5.73 Å². The van der Waals surface area contributed by atoms with Gasteiger partial charge in [0.1, 0.15) is 5.41 Å². The number of nitrogens with two attached hydrogens (primary N) is 1. The van der Waals surface area contributed by atoms with E-state index in [2.05, 4.69) is 4.74 Å². The first-order valence-corrected chi connectivity index (χ1v) is 3.82. The van der Waals surface area contributed by atoms with Crippen LogP contribution in [-0.4, -0.2) is 48.8 Å².